The zero-order chi connectivity index (χ0) is 15.5. The van der Waals surface area contributed by atoms with Gasteiger partial charge in [-0.25, -0.2) is 4.39 Å². The summed E-state index contributed by atoms with van der Waals surface area (Å²) in [6.07, 6.45) is 3.68. The predicted octanol–water partition coefficient (Wildman–Crippen LogP) is 4.26. The third-order valence-electron chi connectivity index (χ3n) is 4.09. The lowest BCUT2D eigenvalue weighted by Gasteiger charge is -2.27. The van der Waals surface area contributed by atoms with Gasteiger partial charge in [0.05, 0.1) is 12.2 Å². The van der Waals surface area contributed by atoms with Gasteiger partial charge in [-0.2, -0.15) is 0 Å². The number of benzene rings is 1. The molecule has 3 unspecified atom stereocenters. The van der Waals surface area contributed by atoms with Gasteiger partial charge in [0, 0.05) is 18.0 Å². The van der Waals surface area contributed by atoms with E-state index in [1.165, 1.54) is 0 Å². The summed E-state index contributed by atoms with van der Waals surface area (Å²) in [5.41, 5.74) is 0.838. The van der Waals surface area contributed by atoms with Crippen molar-refractivity contribution in [2.45, 2.75) is 70.6 Å². The molecular formula is C18H28FNO. The molecule has 0 bridgehead atoms. The first-order valence-corrected chi connectivity index (χ1v) is 8.00. The molecule has 0 aliphatic carbocycles. The Morgan fingerprint density at radius 1 is 1.29 bits per heavy atom. The molecule has 0 radical (unpaired) electrons. The van der Waals surface area contributed by atoms with Crippen molar-refractivity contribution in [1.29, 1.82) is 0 Å². The van der Waals surface area contributed by atoms with Crippen molar-refractivity contribution in [3.8, 4) is 0 Å². The van der Waals surface area contributed by atoms with E-state index in [-0.39, 0.29) is 23.4 Å². The Morgan fingerprint density at radius 2 is 2.00 bits per heavy atom. The van der Waals surface area contributed by atoms with Crippen LogP contribution in [0.2, 0.25) is 0 Å². The van der Waals surface area contributed by atoms with Crippen LogP contribution >= 0.6 is 0 Å². The summed E-state index contributed by atoms with van der Waals surface area (Å²) in [7, 11) is 0. The highest BCUT2D eigenvalue weighted by Crippen LogP contribution is 2.30. The van der Waals surface area contributed by atoms with Crippen LogP contribution in [0.5, 0.6) is 0 Å². The van der Waals surface area contributed by atoms with Crippen molar-refractivity contribution in [3.63, 3.8) is 0 Å². The van der Waals surface area contributed by atoms with Crippen molar-refractivity contribution in [2.24, 2.45) is 0 Å². The molecule has 0 saturated carbocycles. The van der Waals surface area contributed by atoms with Crippen LogP contribution in [0.3, 0.4) is 0 Å². The lowest BCUT2D eigenvalue weighted by atomic mass is 9.90. The average Bonchev–Trinajstić information content (AvgIpc) is 2.80. The van der Waals surface area contributed by atoms with E-state index in [4.69, 9.17) is 4.74 Å². The van der Waals surface area contributed by atoms with Crippen LogP contribution in [0, 0.1) is 5.82 Å². The molecule has 1 N–H and O–H groups in total. The number of hydrogen-bond acceptors (Lipinski definition) is 2. The summed E-state index contributed by atoms with van der Waals surface area (Å²) in [6, 6.07) is 7.13. The summed E-state index contributed by atoms with van der Waals surface area (Å²) in [6.45, 7) is 9.31. The van der Waals surface area contributed by atoms with Gasteiger partial charge in [-0.3, -0.25) is 0 Å². The third-order valence-corrected chi connectivity index (χ3v) is 4.09. The van der Waals surface area contributed by atoms with Gasteiger partial charge in [0.15, 0.2) is 0 Å². The topological polar surface area (TPSA) is 21.3 Å². The maximum Gasteiger partial charge on any atom is 0.126 e. The van der Waals surface area contributed by atoms with Crippen molar-refractivity contribution >= 4 is 0 Å². The molecule has 1 aromatic carbocycles. The van der Waals surface area contributed by atoms with Crippen molar-refractivity contribution in [1.82, 2.24) is 5.32 Å². The van der Waals surface area contributed by atoms with Gasteiger partial charge >= 0.3 is 0 Å². The van der Waals surface area contributed by atoms with Gasteiger partial charge in [-0.15, -0.1) is 0 Å². The number of ether oxygens (including phenoxy) is 1. The van der Waals surface area contributed by atoms with Gasteiger partial charge in [0.2, 0.25) is 0 Å². The normalized spacial score (nSPS) is 24.2. The van der Waals surface area contributed by atoms with Crippen LogP contribution in [-0.4, -0.2) is 24.3 Å². The second kappa shape index (κ2) is 6.89. The molecule has 3 atom stereocenters. The highest BCUT2D eigenvalue weighted by molar-refractivity contribution is 5.22. The number of rotatable bonds is 5. The van der Waals surface area contributed by atoms with E-state index in [2.05, 4.69) is 33.0 Å². The van der Waals surface area contributed by atoms with E-state index in [1.54, 1.807) is 12.1 Å². The van der Waals surface area contributed by atoms with Gasteiger partial charge < -0.3 is 10.1 Å². The number of hydrogen-bond donors (Lipinski definition) is 1. The molecule has 0 spiro atoms. The molecular weight excluding hydrogens is 265 g/mol. The second-order valence-electron chi connectivity index (χ2n) is 7.23. The molecule has 118 valence electrons. The van der Waals surface area contributed by atoms with E-state index in [1.807, 2.05) is 12.1 Å². The standard InChI is InChI=1S/C18H28FNO/c1-13-9-10-15(21-13)11-14(12-20-18(2,3)4)16-7-5-6-8-17(16)19/h5-8,13-15,20H,9-12H2,1-4H3. The van der Waals surface area contributed by atoms with Crippen molar-refractivity contribution < 1.29 is 9.13 Å². The fourth-order valence-corrected chi connectivity index (χ4v) is 2.93. The Labute approximate surface area is 128 Å². The monoisotopic (exact) mass is 293 g/mol. The first-order valence-electron chi connectivity index (χ1n) is 8.00. The minimum atomic E-state index is -0.107. The molecule has 0 aromatic heterocycles. The lowest BCUT2D eigenvalue weighted by Crippen LogP contribution is -2.39. The molecule has 1 aromatic rings. The van der Waals surface area contributed by atoms with Gasteiger partial charge in [0.25, 0.3) is 0 Å². The van der Waals surface area contributed by atoms with E-state index in [0.29, 0.717) is 6.10 Å². The number of nitrogens with one attached hydrogen (secondary N) is 1. The van der Waals surface area contributed by atoms with Gasteiger partial charge in [-0.05, 0) is 58.6 Å². The molecule has 1 heterocycles. The van der Waals surface area contributed by atoms with E-state index in [9.17, 15) is 4.39 Å². The largest absolute Gasteiger partial charge is 0.375 e. The highest BCUT2D eigenvalue weighted by Gasteiger charge is 2.27. The molecule has 0 amide bonds. The zero-order valence-corrected chi connectivity index (χ0v) is 13.7. The molecule has 21 heavy (non-hydrogen) atoms. The van der Waals surface area contributed by atoms with E-state index >= 15 is 0 Å². The van der Waals surface area contributed by atoms with Crippen LogP contribution < -0.4 is 5.32 Å². The fraction of sp³-hybridized carbons (Fsp3) is 0.667. The van der Waals surface area contributed by atoms with Gasteiger partial charge in [0.1, 0.15) is 5.82 Å². The third kappa shape index (κ3) is 5.08. The van der Waals surface area contributed by atoms with Crippen LogP contribution in [0.15, 0.2) is 24.3 Å². The number of halogens is 1. The highest BCUT2D eigenvalue weighted by atomic mass is 19.1. The maximum atomic E-state index is 14.1. The van der Waals surface area contributed by atoms with E-state index in [0.717, 1.165) is 31.4 Å². The molecule has 1 fully saturated rings. The lowest BCUT2D eigenvalue weighted by molar-refractivity contribution is 0.0460. The first-order chi connectivity index (χ1) is 9.85. The fourth-order valence-electron chi connectivity index (χ4n) is 2.93. The predicted molar refractivity (Wildman–Crippen MR) is 85.1 cm³/mol. The van der Waals surface area contributed by atoms with Crippen LogP contribution in [-0.2, 0) is 4.74 Å². The maximum absolute atomic E-state index is 14.1. The molecule has 1 saturated heterocycles. The Hall–Kier alpha value is -0.930. The van der Waals surface area contributed by atoms with Gasteiger partial charge in [-0.1, -0.05) is 18.2 Å². The summed E-state index contributed by atoms with van der Waals surface area (Å²) in [5.74, 6) is 0.0463. The minimum absolute atomic E-state index is 0.0351. The zero-order valence-electron chi connectivity index (χ0n) is 13.7. The molecule has 2 rings (SSSR count). The Morgan fingerprint density at radius 3 is 2.57 bits per heavy atom. The molecule has 2 nitrogen and oxygen atoms in total. The average molecular weight is 293 g/mol. The summed E-state index contributed by atoms with van der Waals surface area (Å²) in [4.78, 5) is 0. The SMILES string of the molecule is CC1CCC(CC(CNC(C)(C)C)c2ccccc2F)O1. The summed E-state index contributed by atoms with van der Waals surface area (Å²) in [5, 5.41) is 3.51. The van der Waals surface area contributed by atoms with Crippen molar-refractivity contribution in [2.75, 3.05) is 6.54 Å². The van der Waals surface area contributed by atoms with Crippen LogP contribution in [0.4, 0.5) is 4.39 Å². The Kier molecular flexibility index (Phi) is 5.39. The quantitative estimate of drug-likeness (QED) is 0.876. The Balaban J connectivity index is 2.08. The smallest absolute Gasteiger partial charge is 0.126 e. The molecule has 1 aliphatic rings. The minimum Gasteiger partial charge on any atom is -0.375 e. The second-order valence-corrected chi connectivity index (χ2v) is 7.23. The first kappa shape index (κ1) is 16.4. The van der Waals surface area contributed by atoms with Crippen LogP contribution in [0.25, 0.3) is 0 Å². The van der Waals surface area contributed by atoms with E-state index < -0.39 is 0 Å². The van der Waals surface area contributed by atoms with Crippen LogP contribution in [0.1, 0.15) is 58.4 Å². The molecule has 1 aliphatic heterocycles. The summed E-state index contributed by atoms with van der Waals surface area (Å²) < 4.78 is 20.1. The Bertz CT molecular complexity index is 455. The summed E-state index contributed by atoms with van der Waals surface area (Å²) >= 11 is 0. The molecule has 3 heteroatoms. The van der Waals surface area contributed by atoms with Crippen molar-refractivity contribution in [3.05, 3.63) is 35.6 Å².